The second-order valence-electron chi connectivity index (χ2n) is 2.43. The SMILES string of the molecule is C#CCOc1[c]ccc(C(F)(F)F)c1. The van der Waals surface area contributed by atoms with Gasteiger partial charge in [-0.25, -0.2) is 0 Å². The first-order valence-corrected chi connectivity index (χ1v) is 3.69. The lowest BCUT2D eigenvalue weighted by molar-refractivity contribution is -0.137. The van der Waals surface area contributed by atoms with Gasteiger partial charge in [-0.3, -0.25) is 0 Å². The van der Waals surface area contributed by atoms with Gasteiger partial charge in [-0.1, -0.05) is 5.92 Å². The summed E-state index contributed by atoms with van der Waals surface area (Å²) in [6, 6.07) is 5.42. The maximum Gasteiger partial charge on any atom is 0.416 e. The van der Waals surface area contributed by atoms with E-state index in [-0.39, 0.29) is 12.4 Å². The number of terminal acetylenes is 1. The number of benzene rings is 1. The minimum absolute atomic E-state index is 0.00206. The highest BCUT2D eigenvalue weighted by molar-refractivity contribution is 5.29. The molecule has 0 bridgehead atoms. The van der Waals surface area contributed by atoms with E-state index in [1.807, 2.05) is 0 Å². The molecule has 1 rings (SSSR count). The second kappa shape index (κ2) is 4.05. The Morgan fingerprint density at radius 2 is 2.21 bits per heavy atom. The van der Waals surface area contributed by atoms with Gasteiger partial charge < -0.3 is 4.74 Å². The normalized spacial score (nSPS) is 10.7. The maximum absolute atomic E-state index is 12.2. The summed E-state index contributed by atoms with van der Waals surface area (Å²) in [7, 11) is 0. The van der Waals surface area contributed by atoms with Crippen LogP contribution >= 0.6 is 0 Å². The number of rotatable bonds is 2. The van der Waals surface area contributed by atoms with Gasteiger partial charge >= 0.3 is 6.18 Å². The number of hydrogen-bond acceptors (Lipinski definition) is 1. The molecule has 0 heterocycles. The van der Waals surface area contributed by atoms with E-state index in [1.165, 1.54) is 0 Å². The van der Waals surface area contributed by atoms with Crippen molar-refractivity contribution in [2.24, 2.45) is 0 Å². The number of ether oxygens (including phenoxy) is 1. The van der Waals surface area contributed by atoms with E-state index in [2.05, 4.69) is 12.0 Å². The fraction of sp³-hybridized carbons (Fsp3) is 0.200. The standard InChI is InChI=1S/C10H6F3O/c1-2-6-14-9-5-3-4-8(7-9)10(11,12)13/h1,3-4,7H,6H2. The zero-order valence-electron chi connectivity index (χ0n) is 7.06. The van der Waals surface area contributed by atoms with Gasteiger partial charge in [0, 0.05) is 6.07 Å². The topological polar surface area (TPSA) is 9.23 Å². The Morgan fingerprint density at radius 3 is 2.79 bits per heavy atom. The lowest BCUT2D eigenvalue weighted by Gasteiger charge is -2.07. The molecule has 0 aliphatic carbocycles. The monoisotopic (exact) mass is 199 g/mol. The molecule has 73 valence electrons. The number of halogens is 3. The minimum atomic E-state index is -4.37. The second-order valence-corrected chi connectivity index (χ2v) is 2.43. The Kier molecular flexibility index (Phi) is 3.03. The average Bonchev–Trinajstić information content (AvgIpc) is 2.14. The van der Waals surface area contributed by atoms with Crippen molar-refractivity contribution in [1.82, 2.24) is 0 Å². The van der Waals surface area contributed by atoms with Crippen LogP contribution in [0.4, 0.5) is 13.2 Å². The van der Waals surface area contributed by atoms with Gasteiger partial charge in [0.15, 0.2) is 0 Å². The van der Waals surface area contributed by atoms with Crippen molar-refractivity contribution >= 4 is 0 Å². The highest BCUT2D eigenvalue weighted by Crippen LogP contribution is 2.30. The first kappa shape index (κ1) is 10.5. The van der Waals surface area contributed by atoms with E-state index < -0.39 is 11.7 Å². The summed E-state index contributed by atoms with van der Waals surface area (Å²) >= 11 is 0. The largest absolute Gasteiger partial charge is 0.480 e. The predicted molar refractivity (Wildman–Crippen MR) is 44.6 cm³/mol. The lowest BCUT2D eigenvalue weighted by atomic mass is 10.2. The van der Waals surface area contributed by atoms with Crippen LogP contribution in [-0.2, 0) is 6.18 Å². The van der Waals surface area contributed by atoms with E-state index in [0.29, 0.717) is 0 Å². The van der Waals surface area contributed by atoms with Crippen LogP contribution in [0.25, 0.3) is 0 Å². The van der Waals surface area contributed by atoms with Gasteiger partial charge in [0.25, 0.3) is 0 Å². The average molecular weight is 199 g/mol. The summed E-state index contributed by atoms with van der Waals surface area (Å²) in [5.41, 5.74) is -0.775. The molecule has 0 spiro atoms. The zero-order chi connectivity index (χ0) is 10.6. The van der Waals surface area contributed by atoms with Gasteiger partial charge in [-0.05, 0) is 18.2 Å². The van der Waals surface area contributed by atoms with Crippen LogP contribution < -0.4 is 4.74 Å². The van der Waals surface area contributed by atoms with Crippen molar-refractivity contribution < 1.29 is 17.9 Å². The Balaban J connectivity index is 2.86. The molecule has 1 aromatic carbocycles. The van der Waals surface area contributed by atoms with Crippen LogP contribution in [0.1, 0.15) is 5.56 Å². The van der Waals surface area contributed by atoms with Gasteiger partial charge in [0.2, 0.25) is 0 Å². The van der Waals surface area contributed by atoms with Crippen LogP contribution in [0.5, 0.6) is 5.75 Å². The maximum atomic E-state index is 12.2. The molecule has 0 saturated carbocycles. The molecule has 0 aliphatic rings. The molecule has 0 amide bonds. The van der Waals surface area contributed by atoms with Crippen LogP contribution in [0, 0.1) is 18.4 Å². The van der Waals surface area contributed by atoms with Crippen LogP contribution in [0.3, 0.4) is 0 Å². The lowest BCUT2D eigenvalue weighted by Crippen LogP contribution is -2.05. The first-order valence-electron chi connectivity index (χ1n) is 3.69. The Bertz CT molecular complexity index is 349. The van der Waals surface area contributed by atoms with Crippen LogP contribution in [0.15, 0.2) is 18.2 Å². The molecule has 4 heteroatoms. The quantitative estimate of drug-likeness (QED) is 0.665. The molecule has 1 nitrogen and oxygen atoms in total. The summed E-state index contributed by atoms with van der Waals surface area (Å²) in [5.74, 6) is 2.15. The molecule has 14 heavy (non-hydrogen) atoms. The zero-order valence-corrected chi connectivity index (χ0v) is 7.06. The first-order chi connectivity index (χ1) is 6.54. The summed E-state index contributed by atoms with van der Waals surface area (Å²) < 4.78 is 41.3. The molecule has 1 aromatic rings. The van der Waals surface area contributed by atoms with Crippen LogP contribution in [0.2, 0.25) is 0 Å². The molecular weight excluding hydrogens is 193 g/mol. The van der Waals surface area contributed by atoms with Crippen molar-refractivity contribution in [3.8, 4) is 18.1 Å². The molecular formula is C10H6F3O. The molecule has 0 atom stereocenters. The van der Waals surface area contributed by atoms with E-state index in [0.717, 1.165) is 18.2 Å². The van der Waals surface area contributed by atoms with Gasteiger partial charge in [0.1, 0.15) is 12.4 Å². The van der Waals surface area contributed by atoms with Crippen LogP contribution in [-0.4, -0.2) is 6.61 Å². The highest BCUT2D eigenvalue weighted by atomic mass is 19.4. The fourth-order valence-electron chi connectivity index (χ4n) is 0.824. The van der Waals surface area contributed by atoms with Crippen molar-refractivity contribution in [3.05, 3.63) is 29.8 Å². The molecule has 0 unspecified atom stereocenters. The summed E-state index contributed by atoms with van der Waals surface area (Å²) in [6.07, 6.45) is 0.517. The highest BCUT2D eigenvalue weighted by Gasteiger charge is 2.30. The summed E-state index contributed by atoms with van der Waals surface area (Å²) in [5, 5.41) is 0. The van der Waals surface area contributed by atoms with Gasteiger partial charge in [-0.15, -0.1) is 6.42 Å². The van der Waals surface area contributed by atoms with Gasteiger partial charge in [0.05, 0.1) is 5.56 Å². The van der Waals surface area contributed by atoms with Crippen molar-refractivity contribution in [2.45, 2.75) is 6.18 Å². The third kappa shape index (κ3) is 2.70. The third-order valence-electron chi connectivity index (χ3n) is 1.41. The third-order valence-corrected chi connectivity index (χ3v) is 1.41. The van der Waals surface area contributed by atoms with E-state index in [9.17, 15) is 13.2 Å². The minimum Gasteiger partial charge on any atom is -0.480 e. The molecule has 0 N–H and O–H groups in total. The Morgan fingerprint density at radius 1 is 1.50 bits per heavy atom. The Labute approximate surface area is 79.5 Å². The fourth-order valence-corrected chi connectivity index (χ4v) is 0.824. The molecule has 0 aliphatic heterocycles. The molecule has 0 aromatic heterocycles. The molecule has 0 fully saturated rings. The number of hydrogen-bond donors (Lipinski definition) is 0. The number of alkyl halides is 3. The molecule has 1 radical (unpaired) electrons. The van der Waals surface area contributed by atoms with Crippen molar-refractivity contribution in [3.63, 3.8) is 0 Å². The summed E-state index contributed by atoms with van der Waals surface area (Å²) in [6.45, 7) is -0.0716. The Hall–Kier alpha value is -1.63. The van der Waals surface area contributed by atoms with E-state index in [4.69, 9.17) is 11.2 Å². The van der Waals surface area contributed by atoms with E-state index in [1.54, 1.807) is 0 Å². The van der Waals surface area contributed by atoms with E-state index >= 15 is 0 Å². The van der Waals surface area contributed by atoms with Gasteiger partial charge in [-0.2, -0.15) is 13.2 Å². The van der Waals surface area contributed by atoms with Crippen molar-refractivity contribution in [2.75, 3.05) is 6.61 Å². The summed E-state index contributed by atoms with van der Waals surface area (Å²) in [4.78, 5) is 0. The predicted octanol–water partition coefficient (Wildman–Crippen LogP) is 2.52. The molecule has 0 saturated heterocycles. The van der Waals surface area contributed by atoms with Crippen molar-refractivity contribution in [1.29, 1.82) is 0 Å². The smallest absolute Gasteiger partial charge is 0.416 e.